The molecule has 3 aromatic carbocycles. The molecule has 0 aromatic heterocycles. The van der Waals surface area contributed by atoms with Crippen LogP contribution in [0.15, 0.2) is 120 Å². The Hall–Kier alpha value is -3.78. The van der Waals surface area contributed by atoms with E-state index in [0.717, 1.165) is 33.4 Å². The summed E-state index contributed by atoms with van der Waals surface area (Å²) in [5, 5.41) is 0. The first-order valence-electron chi connectivity index (χ1n) is 9.97. The van der Waals surface area contributed by atoms with Crippen LogP contribution in [-0.4, -0.2) is 12.6 Å². The van der Waals surface area contributed by atoms with Crippen LogP contribution in [0.3, 0.4) is 0 Å². The summed E-state index contributed by atoms with van der Waals surface area (Å²) in [4.78, 5) is 8.74. The van der Waals surface area contributed by atoms with Crippen molar-refractivity contribution in [2.24, 2.45) is 9.98 Å². The van der Waals surface area contributed by atoms with Crippen molar-refractivity contribution >= 4 is 18.1 Å². The van der Waals surface area contributed by atoms with Crippen LogP contribution in [0.4, 0.5) is 0 Å². The summed E-state index contributed by atoms with van der Waals surface area (Å²) in [6.07, 6.45) is 7.97. The lowest BCUT2D eigenvalue weighted by Gasteiger charge is -2.07. The SMILES string of the molecule is C=C/C(=C\C=C/C)c1ccc(-c2ccc(C(N=C)=NCc3ccccc3)cc2)cc1. The van der Waals surface area contributed by atoms with E-state index in [1.54, 1.807) is 0 Å². The summed E-state index contributed by atoms with van der Waals surface area (Å²) >= 11 is 0. The molecule has 0 saturated carbocycles. The average Bonchev–Trinajstić information content (AvgIpc) is 2.81. The Morgan fingerprint density at radius 2 is 1.43 bits per heavy atom. The van der Waals surface area contributed by atoms with Crippen molar-refractivity contribution in [1.29, 1.82) is 0 Å². The normalized spacial score (nSPS) is 12.2. The second kappa shape index (κ2) is 10.7. The Balaban J connectivity index is 1.77. The van der Waals surface area contributed by atoms with Gasteiger partial charge < -0.3 is 0 Å². The molecule has 0 heterocycles. The topological polar surface area (TPSA) is 24.7 Å². The fraction of sp³-hybridized carbons (Fsp3) is 0.0714. The molecule has 3 aromatic rings. The van der Waals surface area contributed by atoms with E-state index in [1.165, 1.54) is 0 Å². The molecule has 0 fully saturated rings. The van der Waals surface area contributed by atoms with Crippen LogP contribution in [0.5, 0.6) is 0 Å². The van der Waals surface area contributed by atoms with Crippen molar-refractivity contribution in [3.05, 3.63) is 126 Å². The van der Waals surface area contributed by atoms with Crippen molar-refractivity contribution < 1.29 is 0 Å². The van der Waals surface area contributed by atoms with Crippen LogP contribution >= 0.6 is 0 Å². The van der Waals surface area contributed by atoms with Crippen LogP contribution < -0.4 is 0 Å². The zero-order valence-electron chi connectivity index (χ0n) is 17.3. The van der Waals surface area contributed by atoms with Crippen LogP contribution in [0.2, 0.25) is 0 Å². The average molecular weight is 391 g/mol. The smallest absolute Gasteiger partial charge is 0.154 e. The lowest BCUT2D eigenvalue weighted by molar-refractivity contribution is 1.06. The second-order valence-corrected chi connectivity index (χ2v) is 6.79. The predicted octanol–water partition coefficient (Wildman–Crippen LogP) is 7.15. The van der Waals surface area contributed by atoms with E-state index in [9.17, 15) is 0 Å². The Labute approximate surface area is 179 Å². The minimum Gasteiger partial charge on any atom is -0.261 e. The largest absolute Gasteiger partial charge is 0.261 e. The third-order valence-electron chi connectivity index (χ3n) is 4.79. The van der Waals surface area contributed by atoms with E-state index in [4.69, 9.17) is 0 Å². The number of allylic oxidation sites excluding steroid dienone is 5. The van der Waals surface area contributed by atoms with E-state index in [0.29, 0.717) is 12.4 Å². The zero-order valence-corrected chi connectivity index (χ0v) is 17.3. The van der Waals surface area contributed by atoms with Gasteiger partial charge in [-0.1, -0.05) is 110 Å². The van der Waals surface area contributed by atoms with Gasteiger partial charge in [0, 0.05) is 5.56 Å². The minimum absolute atomic E-state index is 0.588. The van der Waals surface area contributed by atoms with Crippen molar-refractivity contribution in [2.45, 2.75) is 13.5 Å². The molecular formula is C28H26N2. The molecule has 2 nitrogen and oxygen atoms in total. The molecule has 0 aliphatic carbocycles. The van der Waals surface area contributed by atoms with Gasteiger partial charge in [0.2, 0.25) is 0 Å². The molecule has 2 heteroatoms. The van der Waals surface area contributed by atoms with Gasteiger partial charge in [-0.2, -0.15) is 0 Å². The van der Waals surface area contributed by atoms with Gasteiger partial charge in [0.15, 0.2) is 5.84 Å². The number of aliphatic imine (C=N–C) groups is 2. The highest BCUT2D eigenvalue weighted by atomic mass is 14.9. The van der Waals surface area contributed by atoms with Gasteiger partial charge in [0.05, 0.1) is 6.54 Å². The molecule has 148 valence electrons. The van der Waals surface area contributed by atoms with Crippen molar-refractivity contribution in [3.8, 4) is 11.1 Å². The molecule has 0 N–H and O–H groups in total. The zero-order chi connectivity index (χ0) is 21.2. The van der Waals surface area contributed by atoms with Gasteiger partial charge in [-0.25, -0.2) is 4.99 Å². The second-order valence-electron chi connectivity index (χ2n) is 6.79. The molecule has 0 bridgehead atoms. The third-order valence-corrected chi connectivity index (χ3v) is 4.79. The summed E-state index contributed by atoms with van der Waals surface area (Å²) in [6.45, 7) is 10.2. The monoisotopic (exact) mass is 390 g/mol. The summed E-state index contributed by atoms with van der Waals surface area (Å²) < 4.78 is 0. The maximum absolute atomic E-state index is 4.62. The maximum Gasteiger partial charge on any atom is 0.154 e. The first-order valence-corrected chi connectivity index (χ1v) is 9.97. The Morgan fingerprint density at radius 3 is 1.97 bits per heavy atom. The Kier molecular flexibility index (Phi) is 7.45. The summed E-state index contributed by atoms with van der Waals surface area (Å²) in [5.74, 6) is 0.658. The summed E-state index contributed by atoms with van der Waals surface area (Å²) in [7, 11) is 0. The van der Waals surface area contributed by atoms with Crippen LogP contribution in [-0.2, 0) is 6.54 Å². The van der Waals surface area contributed by atoms with Crippen molar-refractivity contribution in [2.75, 3.05) is 0 Å². The Bertz CT molecular complexity index is 1070. The van der Waals surface area contributed by atoms with Crippen molar-refractivity contribution in [3.63, 3.8) is 0 Å². The highest BCUT2D eigenvalue weighted by molar-refractivity contribution is 6.01. The molecular weight excluding hydrogens is 364 g/mol. The number of hydrogen-bond donors (Lipinski definition) is 0. The van der Waals surface area contributed by atoms with Gasteiger partial charge in [-0.05, 0) is 41.5 Å². The molecule has 0 atom stereocenters. The number of benzene rings is 3. The van der Waals surface area contributed by atoms with Crippen molar-refractivity contribution in [1.82, 2.24) is 0 Å². The van der Waals surface area contributed by atoms with Gasteiger partial charge >= 0.3 is 0 Å². The Morgan fingerprint density at radius 1 is 0.833 bits per heavy atom. The number of rotatable bonds is 7. The molecule has 0 amide bonds. The molecule has 0 spiro atoms. The predicted molar refractivity (Wildman–Crippen MR) is 131 cm³/mol. The van der Waals surface area contributed by atoms with Gasteiger partial charge in [-0.15, -0.1) is 0 Å². The first-order chi connectivity index (χ1) is 14.7. The molecule has 0 radical (unpaired) electrons. The van der Waals surface area contributed by atoms with E-state index >= 15 is 0 Å². The van der Waals surface area contributed by atoms with E-state index in [-0.39, 0.29) is 0 Å². The van der Waals surface area contributed by atoms with E-state index in [1.807, 2.05) is 55.5 Å². The lowest BCUT2D eigenvalue weighted by Crippen LogP contribution is -1.98. The molecule has 0 aliphatic heterocycles. The highest BCUT2D eigenvalue weighted by Gasteiger charge is 2.04. The fourth-order valence-corrected chi connectivity index (χ4v) is 3.13. The van der Waals surface area contributed by atoms with Crippen LogP contribution in [0.25, 0.3) is 16.7 Å². The van der Waals surface area contributed by atoms with E-state index in [2.05, 4.69) is 77.9 Å². The van der Waals surface area contributed by atoms with Crippen LogP contribution in [0, 0.1) is 0 Å². The molecule has 0 saturated heterocycles. The van der Waals surface area contributed by atoms with Gasteiger partial charge in [0.1, 0.15) is 0 Å². The quantitative estimate of drug-likeness (QED) is 0.232. The standard InChI is InChI=1S/C28H26N2/c1-4-6-12-23(5-2)24-13-15-25(16-14-24)26-17-19-27(20-18-26)28(29-3)30-21-22-10-8-7-9-11-22/h4-20H,2-3,21H2,1H3/b6-4-,23-12+,30-28?. The molecule has 3 rings (SSSR count). The number of amidine groups is 1. The lowest BCUT2D eigenvalue weighted by atomic mass is 9.99. The van der Waals surface area contributed by atoms with Crippen LogP contribution in [0.1, 0.15) is 23.6 Å². The third kappa shape index (κ3) is 5.39. The molecule has 0 unspecified atom stereocenters. The maximum atomic E-state index is 4.62. The summed E-state index contributed by atoms with van der Waals surface area (Å²) in [5.41, 5.74) is 6.67. The van der Waals surface area contributed by atoms with Gasteiger partial charge in [-0.3, -0.25) is 4.99 Å². The molecule has 30 heavy (non-hydrogen) atoms. The molecule has 0 aliphatic rings. The number of nitrogens with zero attached hydrogens (tertiary/aromatic N) is 2. The first kappa shape index (κ1) is 20.9. The summed E-state index contributed by atoms with van der Waals surface area (Å²) in [6, 6.07) is 26.9. The number of hydrogen-bond acceptors (Lipinski definition) is 1. The van der Waals surface area contributed by atoms with Gasteiger partial charge in [0.25, 0.3) is 0 Å². The highest BCUT2D eigenvalue weighted by Crippen LogP contribution is 2.24. The minimum atomic E-state index is 0.588. The fourth-order valence-electron chi connectivity index (χ4n) is 3.13. The van der Waals surface area contributed by atoms with E-state index < -0.39 is 0 Å².